The van der Waals surface area contributed by atoms with Gasteiger partial charge in [0.2, 0.25) is 0 Å². The largest absolute Gasteiger partial charge is 1.00 e. The summed E-state index contributed by atoms with van der Waals surface area (Å²) in [4.78, 5) is 17.5. The molecule has 0 rings (SSSR count). The molecule has 0 aromatic rings. The second-order valence-corrected chi connectivity index (χ2v) is 0.854. The first-order chi connectivity index (χ1) is 4.37. The molecule has 0 aliphatic rings. The third kappa shape index (κ3) is 47.9. The number of carbonyl (C=O) groups excluding carboxylic acids is 2. The zero-order valence-corrected chi connectivity index (χ0v) is 6.41. The maximum Gasteiger partial charge on any atom is 1.00 e. The Labute approximate surface area is 90.7 Å². The van der Waals surface area contributed by atoms with Gasteiger partial charge < -0.3 is 15.1 Å². The second kappa shape index (κ2) is 13.9. The molecule has 0 heterocycles. The molecule has 0 atom stereocenters. The molecule has 10 heteroatoms. The van der Waals surface area contributed by atoms with Crippen LogP contribution in [0.25, 0.3) is 0 Å². The second-order valence-electron chi connectivity index (χ2n) is 0.854. The Hall–Kier alpha value is 0.340. The molecule has 0 fully saturated rings. The molecule has 5 nitrogen and oxygen atoms in total. The first kappa shape index (κ1) is 22.8. The predicted octanol–water partition coefficient (Wildman–Crippen LogP) is -9.33. The first-order valence-corrected chi connectivity index (χ1v) is 1.77. The van der Waals surface area contributed by atoms with Crippen LogP contribution in [0.1, 0.15) is 0 Å². The molecule has 0 bridgehead atoms. The van der Waals surface area contributed by atoms with Crippen LogP contribution >= 0.6 is 0 Å². The number of carbonyl (C=O) groups is 2. The van der Waals surface area contributed by atoms with Crippen molar-refractivity contribution in [3.05, 3.63) is 0 Å². The quantitative estimate of drug-likeness (QED) is 0.238. The minimum absolute atomic E-state index is 0. The van der Waals surface area contributed by atoms with Gasteiger partial charge in [-0.1, -0.05) is 0 Å². The SMILES string of the molecule is O=C(F)C(=O)F.[Li+].[Li+].[O-]B([O-])O. The van der Waals surface area contributed by atoms with Crippen LogP contribution in [0.4, 0.5) is 8.78 Å². The average Bonchev–Trinajstić information content (AvgIpc) is 1.63. The summed E-state index contributed by atoms with van der Waals surface area (Å²) in [7, 11) is -2.67. The molecule has 58 valence electrons. The van der Waals surface area contributed by atoms with Gasteiger partial charge in [0.25, 0.3) is 0 Å². The maximum absolute atomic E-state index is 10.5. The number of hydrogen-bond donors (Lipinski definition) is 1. The van der Waals surface area contributed by atoms with E-state index in [4.69, 9.17) is 24.7 Å². The first-order valence-electron chi connectivity index (χ1n) is 1.77. The summed E-state index contributed by atoms with van der Waals surface area (Å²) in [5.41, 5.74) is 0. The monoisotopic (exact) mass is 168 g/mol. The molecular weight excluding hydrogens is 167 g/mol. The summed E-state index contributed by atoms with van der Waals surface area (Å²) in [6.45, 7) is 0. The predicted molar refractivity (Wildman–Crippen MR) is 20.2 cm³/mol. The van der Waals surface area contributed by atoms with E-state index in [1.165, 1.54) is 0 Å². The van der Waals surface area contributed by atoms with E-state index in [9.17, 15) is 8.78 Å². The van der Waals surface area contributed by atoms with E-state index in [1.807, 2.05) is 0 Å². The van der Waals surface area contributed by atoms with Gasteiger partial charge >= 0.3 is 49.8 Å². The van der Waals surface area contributed by atoms with Crippen molar-refractivity contribution in [1.82, 2.24) is 0 Å². The van der Waals surface area contributed by atoms with Gasteiger partial charge in [0.15, 0.2) is 0 Å². The van der Waals surface area contributed by atoms with Crippen molar-refractivity contribution in [2.45, 2.75) is 0 Å². The van der Waals surface area contributed by atoms with Crippen LogP contribution in [0, 0.1) is 0 Å². The molecule has 0 unspecified atom stereocenters. The van der Waals surface area contributed by atoms with Gasteiger partial charge in [-0.15, -0.1) is 0 Å². The van der Waals surface area contributed by atoms with Crippen LogP contribution in [0.3, 0.4) is 0 Å². The Kier molecular flexibility index (Phi) is 26.4. The molecule has 0 radical (unpaired) electrons. The summed E-state index contributed by atoms with van der Waals surface area (Å²) in [6.07, 6.45) is 0. The molecular formula is C2HBF2Li2O5. The molecule has 0 saturated carbocycles. The van der Waals surface area contributed by atoms with Gasteiger partial charge in [0.05, 0.1) is 7.32 Å². The van der Waals surface area contributed by atoms with E-state index in [0.29, 0.717) is 0 Å². The van der Waals surface area contributed by atoms with Crippen LogP contribution in [0.15, 0.2) is 0 Å². The van der Waals surface area contributed by atoms with Gasteiger partial charge in [-0.25, -0.2) is 9.59 Å². The number of halogens is 2. The third-order valence-corrected chi connectivity index (χ3v) is 0.155. The Morgan fingerprint density at radius 2 is 1.17 bits per heavy atom. The molecule has 0 spiro atoms. The van der Waals surface area contributed by atoms with Crippen molar-refractivity contribution >= 4 is 19.4 Å². The minimum atomic E-state index is -2.67. The van der Waals surface area contributed by atoms with Crippen LogP contribution in [0.5, 0.6) is 0 Å². The van der Waals surface area contributed by atoms with Crippen molar-refractivity contribution in [2.24, 2.45) is 0 Å². The molecule has 0 aromatic heterocycles. The van der Waals surface area contributed by atoms with Crippen molar-refractivity contribution in [3.8, 4) is 0 Å². The summed E-state index contributed by atoms with van der Waals surface area (Å²) in [6, 6.07) is -5.09. The Bertz CT molecular complexity index is 118. The topological polar surface area (TPSA) is 100 Å². The fourth-order valence-corrected chi connectivity index (χ4v) is 0. The molecule has 0 aromatic carbocycles. The smallest absolute Gasteiger partial charge is 0.871 e. The van der Waals surface area contributed by atoms with Gasteiger partial charge in [-0.3, -0.25) is 0 Å². The standard InChI is InChI=1S/C2F2O2.BHO3.2Li/c3-1(5)2(4)6;2-1(3)4;;/h;2H;;/q;-2;2*+1. The van der Waals surface area contributed by atoms with Gasteiger partial charge in [-0.2, -0.15) is 8.78 Å². The summed E-state index contributed by atoms with van der Waals surface area (Å²) < 4.78 is 20.9. The molecule has 0 amide bonds. The van der Waals surface area contributed by atoms with Crippen molar-refractivity contribution < 1.29 is 71.2 Å². The van der Waals surface area contributed by atoms with Crippen LogP contribution in [-0.4, -0.2) is 24.4 Å². The summed E-state index contributed by atoms with van der Waals surface area (Å²) in [5, 5.41) is 24.0. The van der Waals surface area contributed by atoms with E-state index in [2.05, 4.69) is 0 Å². The zero-order chi connectivity index (χ0) is 8.73. The van der Waals surface area contributed by atoms with Gasteiger partial charge in [0, 0.05) is 0 Å². The molecule has 0 aliphatic carbocycles. The van der Waals surface area contributed by atoms with Crippen molar-refractivity contribution in [2.75, 3.05) is 0 Å². The Morgan fingerprint density at radius 1 is 1.08 bits per heavy atom. The van der Waals surface area contributed by atoms with Crippen LogP contribution < -0.4 is 47.8 Å². The number of rotatable bonds is 1. The van der Waals surface area contributed by atoms with E-state index >= 15 is 0 Å². The van der Waals surface area contributed by atoms with Gasteiger partial charge in [0.1, 0.15) is 0 Å². The Balaban J connectivity index is -0.0000000483. The molecule has 0 saturated heterocycles. The average molecular weight is 168 g/mol. The van der Waals surface area contributed by atoms with E-state index in [1.54, 1.807) is 0 Å². The maximum atomic E-state index is 10.5. The van der Waals surface area contributed by atoms with E-state index in [-0.39, 0.29) is 37.7 Å². The number of hydrogen-bond acceptors (Lipinski definition) is 5. The van der Waals surface area contributed by atoms with Crippen molar-refractivity contribution in [1.29, 1.82) is 0 Å². The van der Waals surface area contributed by atoms with Gasteiger partial charge in [-0.05, 0) is 0 Å². The fraction of sp³-hybridized carbons (Fsp3) is 0. The third-order valence-electron chi connectivity index (χ3n) is 0.155. The van der Waals surface area contributed by atoms with Crippen molar-refractivity contribution in [3.63, 3.8) is 0 Å². The Morgan fingerprint density at radius 3 is 1.17 bits per heavy atom. The molecule has 12 heavy (non-hydrogen) atoms. The van der Waals surface area contributed by atoms with E-state index < -0.39 is 19.4 Å². The summed E-state index contributed by atoms with van der Waals surface area (Å²) in [5.74, 6) is 0. The normalized spacial score (nSPS) is 6.08. The van der Waals surface area contributed by atoms with Crippen LogP contribution in [-0.2, 0) is 9.59 Å². The molecule has 1 N–H and O–H groups in total. The minimum Gasteiger partial charge on any atom is -0.871 e. The molecule has 0 aliphatic heterocycles. The summed E-state index contributed by atoms with van der Waals surface area (Å²) >= 11 is 0. The van der Waals surface area contributed by atoms with E-state index in [0.717, 1.165) is 0 Å². The van der Waals surface area contributed by atoms with Crippen LogP contribution in [0.2, 0.25) is 0 Å². The zero-order valence-electron chi connectivity index (χ0n) is 6.41. The fourth-order valence-electron chi connectivity index (χ4n) is 0.